The molecule has 43 heavy (non-hydrogen) atoms. The lowest BCUT2D eigenvalue weighted by atomic mass is 10.1. The van der Waals surface area contributed by atoms with E-state index >= 15 is 0 Å². The molecule has 0 radical (unpaired) electrons. The van der Waals surface area contributed by atoms with Crippen LogP contribution in [0.4, 0.5) is 0 Å². The van der Waals surface area contributed by atoms with Crippen LogP contribution < -0.4 is 5.32 Å². The van der Waals surface area contributed by atoms with Gasteiger partial charge in [0.25, 0.3) is 10.1 Å². The second-order valence-corrected chi connectivity index (χ2v) is 13.6. The van der Waals surface area contributed by atoms with Crippen molar-refractivity contribution >= 4 is 16.0 Å². The standard InChI is InChI=1S/C36H67NO5S/c1-3-5-7-9-11-13-15-16-17-18-19-20-22-23-25-27-29-31-35(38)34(33-43(40,41)42)37-36(39)32-30-28-26-24-21-14-12-10-8-6-4-2/h10,12,22-23,29,31,34-35,38H,3-9,11,13-21,24-28,30,32-33H2,1-2H3,(H,37,39)(H,40,41,42)/b12-10-,23-22+,31-29+. The fraction of sp³-hybridized carbons (Fsp3) is 0.806. The number of unbranched alkanes of at least 4 members (excludes halogenated alkanes) is 19. The molecule has 0 fully saturated rings. The highest BCUT2D eigenvalue weighted by atomic mass is 32.2. The molecule has 0 aromatic heterocycles. The van der Waals surface area contributed by atoms with Crippen LogP contribution >= 0.6 is 0 Å². The van der Waals surface area contributed by atoms with Crippen LogP contribution in [0.25, 0.3) is 0 Å². The highest BCUT2D eigenvalue weighted by Crippen LogP contribution is 2.13. The first-order valence-corrected chi connectivity index (χ1v) is 19.3. The Morgan fingerprint density at radius 3 is 1.53 bits per heavy atom. The molecular weight excluding hydrogens is 558 g/mol. The van der Waals surface area contributed by atoms with Crippen molar-refractivity contribution in [2.45, 2.75) is 180 Å². The van der Waals surface area contributed by atoms with E-state index in [4.69, 9.17) is 0 Å². The Morgan fingerprint density at radius 2 is 1.02 bits per heavy atom. The molecule has 0 aliphatic heterocycles. The van der Waals surface area contributed by atoms with Crippen molar-refractivity contribution in [3.05, 3.63) is 36.5 Å². The average Bonchev–Trinajstić information content (AvgIpc) is 2.96. The Morgan fingerprint density at radius 1 is 0.605 bits per heavy atom. The maximum absolute atomic E-state index is 12.4. The zero-order valence-electron chi connectivity index (χ0n) is 27.8. The maximum Gasteiger partial charge on any atom is 0.267 e. The molecule has 0 aromatic carbocycles. The molecule has 2 unspecified atom stereocenters. The molecule has 0 saturated heterocycles. The molecule has 0 spiro atoms. The van der Waals surface area contributed by atoms with Gasteiger partial charge in [0.1, 0.15) is 0 Å². The molecule has 0 aromatic rings. The third-order valence-corrected chi connectivity index (χ3v) is 8.57. The van der Waals surface area contributed by atoms with Crippen LogP contribution in [0.1, 0.15) is 168 Å². The minimum atomic E-state index is -4.35. The maximum atomic E-state index is 12.4. The first-order valence-electron chi connectivity index (χ1n) is 17.7. The summed E-state index contributed by atoms with van der Waals surface area (Å²) in [5, 5.41) is 13.1. The van der Waals surface area contributed by atoms with E-state index in [0.717, 1.165) is 51.4 Å². The van der Waals surface area contributed by atoms with Gasteiger partial charge >= 0.3 is 0 Å². The van der Waals surface area contributed by atoms with E-state index in [9.17, 15) is 22.9 Å². The van der Waals surface area contributed by atoms with Crippen molar-refractivity contribution in [2.24, 2.45) is 0 Å². The lowest BCUT2D eigenvalue weighted by Crippen LogP contribution is -2.46. The predicted molar refractivity (Wildman–Crippen MR) is 184 cm³/mol. The normalized spacial score (nSPS) is 13.9. The summed E-state index contributed by atoms with van der Waals surface area (Å²) in [6.45, 7) is 4.46. The van der Waals surface area contributed by atoms with E-state index in [2.05, 4.69) is 43.5 Å². The molecule has 0 bridgehead atoms. The SMILES string of the molecule is CCCC/C=C\CCCCCCCC(=O)NC(CS(=O)(=O)O)C(O)/C=C/CC/C=C/CCCCCCCCCCCCC. The average molecular weight is 626 g/mol. The molecule has 6 nitrogen and oxygen atoms in total. The van der Waals surface area contributed by atoms with Gasteiger partial charge < -0.3 is 10.4 Å². The van der Waals surface area contributed by atoms with Crippen molar-refractivity contribution in [1.29, 1.82) is 0 Å². The zero-order valence-corrected chi connectivity index (χ0v) is 28.6. The summed E-state index contributed by atoms with van der Waals surface area (Å²) in [5.74, 6) is -1.01. The summed E-state index contributed by atoms with van der Waals surface area (Å²) >= 11 is 0. The third kappa shape index (κ3) is 31.8. The topological polar surface area (TPSA) is 104 Å². The lowest BCUT2D eigenvalue weighted by molar-refractivity contribution is -0.122. The number of hydrogen-bond acceptors (Lipinski definition) is 4. The van der Waals surface area contributed by atoms with E-state index < -0.39 is 28.0 Å². The van der Waals surface area contributed by atoms with Gasteiger partial charge in [0.05, 0.1) is 17.9 Å². The fourth-order valence-corrected chi connectivity index (χ4v) is 5.83. The molecular formula is C36H67NO5S. The smallest absolute Gasteiger partial charge is 0.267 e. The Bertz CT molecular complexity index is 821. The van der Waals surface area contributed by atoms with Crippen molar-refractivity contribution in [3.8, 4) is 0 Å². The first-order chi connectivity index (χ1) is 20.8. The van der Waals surface area contributed by atoms with Crippen LogP contribution in [-0.4, -0.2) is 41.9 Å². The van der Waals surface area contributed by atoms with Crippen LogP contribution in [0, 0.1) is 0 Å². The van der Waals surface area contributed by atoms with Crippen LogP contribution in [0.5, 0.6) is 0 Å². The summed E-state index contributed by atoms with van der Waals surface area (Å²) in [7, 11) is -4.35. The van der Waals surface area contributed by atoms with E-state index in [1.165, 1.54) is 89.5 Å². The Balaban J connectivity index is 4.06. The number of hydrogen-bond donors (Lipinski definition) is 3. The molecule has 252 valence electrons. The van der Waals surface area contributed by atoms with Gasteiger partial charge in [0, 0.05) is 6.42 Å². The fourth-order valence-electron chi connectivity index (χ4n) is 5.09. The number of rotatable bonds is 31. The summed E-state index contributed by atoms with van der Waals surface area (Å²) < 4.78 is 32.3. The Hall–Kier alpha value is -1.44. The number of carbonyl (C=O) groups excluding carboxylic acids is 1. The molecule has 7 heteroatoms. The largest absolute Gasteiger partial charge is 0.387 e. The number of aliphatic hydroxyl groups is 1. The van der Waals surface area contributed by atoms with Gasteiger partial charge in [0.15, 0.2) is 0 Å². The molecule has 0 saturated carbocycles. The first kappa shape index (κ1) is 41.6. The lowest BCUT2D eigenvalue weighted by Gasteiger charge is -2.21. The molecule has 0 rings (SSSR count). The molecule has 0 heterocycles. The van der Waals surface area contributed by atoms with E-state index in [1.54, 1.807) is 6.08 Å². The van der Waals surface area contributed by atoms with E-state index in [0.29, 0.717) is 12.8 Å². The van der Waals surface area contributed by atoms with E-state index in [1.807, 2.05) is 0 Å². The summed E-state index contributed by atoms with van der Waals surface area (Å²) in [5.41, 5.74) is 0. The van der Waals surface area contributed by atoms with Gasteiger partial charge in [-0.2, -0.15) is 8.42 Å². The van der Waals surface area contributed by atoms with Gasteiger partial charge in [0.2, 0.25) is 5.91 Å². The second kappa shape index (κ2) is 30.6. The molecule has 0 aliphatic carbocycles. The molecule has 1 amide bonds. The van der Waals surface area contributed by atoms with Crippen molar-refractivity contribution in [3.63, 3.8) is 0 Å². The zero-order chi connectivity index (χ0) is 31.9. The van der Waals surface area contributed by atoms with E-state index in [-0.39, 0.29) is 12.3 Å². The number of aliphatic hydroxyl groups excluding tert-OH is 1. The van der Waals surface area contributed by atoms with Gasteiger partial charge in [-0.25, -0.2) is 0 Å². The number of amides is 1. The minimum absolute atomic E-state index is 0.277. The minimum Gasteiger partial charge on any atom is -0.387 e. The van der Waals surface area contributed by atoms with Gasteiger partial charge in [-0.3, -0.25) is 9.35 Å². The molecule has 0 aliphatic rings. The van der Waals surface area contributed by atoms with Gasteiger partial charge in [-0.15, -0.1) is 0 Å². The van der Waals surface area contributed by atoms with Gasteiger partial charge in [-0.05, 0) is 51.4 Å². The summed E-state index contributed by atoms with van der Waals surface area (Å²) in [6.07, 6.45) is 38.4. The van der Waals surface area contributed by atoms with Crippen LogP contribution in [0.15, 0.2) is 36.5 Å². The number of nitrogens with one attached hydrogen (secondary N) is 1. The quantitative estimate of drug-likeness (QED) is 0.0404. The summed E-state index contributed by atoms with van der Waals surface area (Å²) in [6, 6.07) is -1.07. The number of carbonyl (C=O) groups is 1. The summed E-state index contributed by atoms with van der Waals surface area (Å²) in [4.78, 5) is 12.4. The molecule has 3 N–H and O–H groups in total. The van der Waals surface area contributed by atoms with Crippen LogP contribution in [0.3, 0.4) is 0 Å². The van der Waals surface area contributed by atoms with Crippen LogP contribution in [-0.2, 0) is 14.9 Å². The second-order valence-electron chi connectivity index (χ2n) is 12.1. The number of allylic oxidation sites excluding steroid dienone is 5. The monoisotopic (exact) mass is 625 g/mol. The van der Waals surface area contributed by atoms with Crippen molar-refractivity contribution in [2.75, 3.05) is 5.75 Å². The Labute approximate surface area is 266 Å². The third-order valence-electron chi connectivity index (χ3n) is 7.79. The highest BCUT2D eigenvalue weighted by molar-refractivity contribution is 7.85. The van der Waals surface area contributed by atoms with Crippen molar-refractivity contribution < 1.29 is 22.9 Å². The van der Waals surface area contributed by atoms with Gasteiger partial charge in [-0.1, -0.05) is 147 Å². The predicted octanol–water partition coefficient (Wildman–Crippen LogP) is 9.79. The van der Waals surface area contributed by atoms with Crippen LogP contribution in [0.2, 0.25) is 0 Å². The Kier molecular flexibility index (Phi) is 29.6. The van der Waals surface area contributed by atoms with Crippen molar-refractivity contribution in [1.82, 2.24) is 5.32 Å². The molecule has 2 atom stereocenters. The highest BCUT2D eigenvalue weighted by Gasteiger charge is 2.24.